The number of methoxy groups -OCH3 is 3. The van der Waals surface area contributed by atoms with Crippen molar-refractivity contribution in [3.63, 3.8) is 0 Å². The maximum absolute atomic E-state index is 13.5. The van der Waals surface area contributed by atoms with Crippen LogP contribution in [0.3, 0.4) is 0 Å². The van der Waals surface area contributed by atoms with Crippen molar-refractivity contribution in [3.05, 3.63) is 84.0 Å². The molecule has 2 aromatic rings. The van der Waals surface area contributed by atoms with Gasteiger partial charge in [-0.3, -0.25) is 4.79 Å². The molecule has 1 N–H and O–H groups in total. The molecule has 21 unspecified atom stereocenters. The van der Waals surface area contributed by atoms with E-state index >= 15 is 0 Å². The molecule has 0 spiro atoms. The number of fused-ring (bicyclic) bond motifs is 5. The van der Waals surface area contributed by atoms with Gasteiger partial charge in [-0.25, -0.2) is 4.79 Å². The van der Waals surface area contributed by atoms with Crippen LogP contribution >= 0.6 is 23.5 Å². The number of ether oxygens (including phenoxy) is 10. The third-order valence-electron chi connectivity index (χ3n) is 19.4. The second-order valence-corrected chi connectivity index (χ2v) is 25.9. The largest absolute Gasteiger partial charge is 0.458 e. The van der Waals surface area contributed by atoms with Crippen LogP contribution in [0.4, 0.5) is 0 Å². The Balaban J connectivity index is 0.961. The number of hydrogen-bond donors (Lipinski definition) is 1. The Morgan fingerprint density at radius 3 is 1.78 bits per heavy atom. The van der Waals surface area contributed by atoms with E-state index in [2.05, 4.69) is 37.3 Å². The molecule has 0 amide bonds. The van der Waals surface area contributed by atoms with E-state index in [4.69, 9.17) is 47.4 Å². The highest BCUT2D eigenvalue weighted by Gasteiger charge is 2.71. The van der Waals surface area contributed by atoms with E-state index in [9.17, 15) is 19.5 Å². The van der Waals surface area contributed by atoms with E-state index in [1.54, 1.807) is 64.8 Å². The number of benzene rings is 2. The Labute approximate surface area is 465 Å². The molecule has 3 saturated carbocycles. The summed E-state index contributed by atoms with van der Waals surface area (Å²) in [7, 11) is 5.02. The van der Waals surface area contributed by atoms with E-state index < -0.39 is 108 Å². The Bertz CT molecular complexity index is 2430. The van der Waals surface area contributed by atoms with Crippen molar-refractivity contribution in [2.24, 2.45) is 40.4 Å². The van der Waals surface area contributed by atoms with Crippen LogP contribution in [0.2, 0.25) is 0 Å². The van der Waals surface area contributed by atoms with E-state index in [0.29, 0.717) is 37.7 Å². The molecule has 424 valence electrons. The fraction of sp³-hybridized carbons (Fsp3) is 0.689. The van der Waals surface area contributed by atoms with Gasteiger partial charge in [-0.1, -0.05) is 74.9 Å². The van der Waals surface area contributed by atoms with Crippen LogP contribution < -0.4 is 0 Å². The predicted octanol–water partition coefficient (Wildman–Crippen LogP) is 9.97. The summed E-state index contributed by atoms with van der Waals surface area (Å²) in [6, 6.07) is 20.3. The smallest absolute Gasteiger partial charge is 0.333 e. The van der Waals surface area contributed by atoms with Gasteiger partial charge in [-0.05, 0) is 128 Å². The predicted molar refractivity (Wildman–Crippen MR) is 293 cm³/mol. The van der Waals surface area contributed by atoms with E-state index in [1.165, 1.54) is 5.57 Å². The van der Waals surface area contributed by atoms with Crippen LogP contribution in [0.5, 0.6) is 0 Å². The van der Waals surface area contributed by atoms with Gasteiger partial charge in [0.1, 0.15) is 42.6 Å². The molecule has 77 heavy (non-hydrogen) atoms. The quantitative estimate of drug-likeness (QED) is 0.0688. The Kier molecular flexibility index (Phi) is 18.5. The number of carbonyl (C=O) groups is 3. The number of ketones is 1. The third kappa shape index (κ3) is 11.0. The van der Waals surface area contributed by atoms with Gasteiger partial charge in [0.15, 0.2) is 18.9 Å². The molecule has 16 heteroatoms. The first-order valence-electron chi connectivity index (χ1n) is 28.0. The van der Waals surface area contributed by atoms with Gasteiger partial charge >= 0.3 is 5.97 Å². The van der Waals surface area contributed by atoms with Crippen molar-refractivity contribution >= 4 is 41.6 Å². The van der Waals surface area contributed by atoms with Crippen LogP contribution in [-0.2, 0) is 61.8 Å². The highest BCUT2D eigenvalue weighted by atomic mass is 32.2. The molecule has 7 aliphatic rings. The van der Waals surface area contributed by atoms with E-state index in [1.807, 2.05) is 77.9 Å². The zero-order chi connectivity index (χ0) is 55.1. The van der Waals surface area contributed by atoms with E-state index in [0.717, 1.165) is 28.9 Å². The molecular formula is C61H84O14S2. The lowest BCUT2D eigenvalue weighted by atomic mass is 9.45. The number of hydrogen-bond acceptors (Lipinski definition) is 16. The second-order valence-electron chi connectivity index (χ2n) is 23.4. The fourth-order valence-corrected chi connectivity index (χ4v) is 17.4. The Morgan fingerprint density at radius 2 is 1.25 bits per heavy atom. The first-order chi connectivity index (χ1) is 36.8. The van der Waals surface area contributed by atoms with Crippen molar-refractivity contribution in [3.8, 4) is 0 Å². The number of carbonyl (C=O) groups excluding carboxylic acids is 3. The molecule has 14 nitrogen and oxygen atoms in total. The van der Waals surface area contributed by atoms with Crippen molar-refractivity contribution in [2.75, 3.05) is 21.3 Å². The minimum atomic E-state index is -1.18. The minimum Gasteiger partial charge on any atom is -0.458 e. The second kappa shape index (κ2) is 24.2. The standard InChI is InChI=1S/C61H84O14S2/c1-13-33(2)55(64)73-47-31-46-45(61(65)29-27-44(35(4)63)60(47,61)9)25-24-39-30-40(26-28-59(39,46)8)72-57-53(76-41-20-16-14-17-21-41)52(68-12)50(38(7)70-57)75-58-54(77-42-22-18-15-19-23-42)51(67-11)49(37(6)71-58)74-56-34(3)48(66-10)43(32-62)36(5)69-56/h13-24,32,34,36-38,40,43-54,56-58,65H,25-31H2,1-12H3/b33-13+/t34?,36?,37?,38?,40?,43?,44?,45?,46?,47?,48?,49?,50?,51?,52?,53?,54?,56?,57?,58?,59-,60-,61?/m0/s1. The van der Waals surface area contributed by atoms with Gasteiger partial charge in [0.25, 0.3) is 0 Å². The first kappa shape index (κ1) is 58.7. The molecule has 3 saturated heterocycles. The molecule has 2 aromatic carbocycles. The van der Waals surface area contributed by atoms with Gasteiger partial charge in [0.05, 0.1) is 52.5 Å². The SMILES string of the molecule is C/C=C(\C)C(=O)OC1CC2C(CC=C3CC(OC4OC(C)C(OC5OC(C)C(OC6OC(C)C(C=O)C(OC)C6C)C(OC)C5Sc5ccccc5)C(OC)C4Sc4ccccc4)CC[C@@]32C)C2(O)CCC(C(C)=O)[C@@]12C. The molecule has 3 heterocycles. The highest BCUT2D eigenvalue weighted by molar-refractivity contribution is 8.00. The zero-order valence-electron chi connectivity index (χ0n) is 47.1. The summed E-state index contributed by atoms with van der Waals surface area (Å²) < 4.78 is 67.0. The summed E-state index contributed by atoms with van der Waals surface area (Å²) in [6.45, 7) is 17.3. The normalized spacial score (nSPS) is 44.0. The van der Waals surface area contributed by atoms with E-state index in [-0.39, 0.29) is 40.3 Å². The van der Waals surface area contributed by atoms with Crippen molar-refractivity contribution in [1.29, 1.82) is 0 Å². The molecule has 9 rings (SSSR count). The number of Topliss-reactive ketones (excluding diaryl/α,β-unsaturated/α-hetero) is 1. The lowest BCUT2D eigenvalue weighted by Gasteiger charge is -2.63. The average molecular weight is 1110 g/mol. The highest BCUT2D eigenvalue weighted by Crippen LogP contribution is 2.69. The molecular weight excluding hydrogens is 1020 g/mol. The molecule has 0 radical (unpaired) electrons. The monoisotopic (exact) mass is 1100 g/mol. The van der Waals surface area contributed by atoms with Crippen molar-refractivity contribution in [2.45, 2.75) is 213 Å². The maximum atomic E-state index is 13.5. The van der Waals surface area contributed by atoms with Crippen molar-refractivity contribution in [1.82, 2.24) is 0 Å². The Hall–Kier alpha value is -2.97. The average Bonchev–Trinajstić information content (AvgIpc) is 3.74. The first-order valence-corrected chi connectivity index (χ1v) is 29.8. The fourth-order valence-electron chi connectivity index (χ4n) is 14.9. The summed E-state index contributed by atoms with van der Waals surface area (Å²) in [4.78, 5) is 41.0. The summed E-state index contributed by atoms with van der Waals surface area (Å²) in [6.07, 6.45) is 2.52. The van der Waals surface area contributed by atoms with Crippen molar-refractivity contribution < 1.29 is 66.9 Å². The van der Waals surface area contributed by atoms with Gasteiger partial charge in [0.2, 0.25) is 0 Å². The van der Waals surface area contributed by atoms with Gasteiger partial charge < -0.3 is 57.3 Å². The molecule has 23 atom stereocenters. The van der Waals surface area contributed by atoms with Crippen LogP contribution in [0.15, 0.2) is 93.8 Å². The molecule has 0 bridgehead atoms. The number of thioether (sulfide) groups is 2. The Morgan fingerprint density at radius 1 is 0.701 bits per heavy atom. The lowest BCUT2D eigenvalue weighted by Crippen LogP contribution is -2.67. The summed E-state index contributed by atoms with van der Waals surface area (Å²) in [5.74, 6) is -1.52. The van der Waals surface area contributed by atoms with Gasteiger partial charge in [0, 0.05) is 53.9 Å². The summed E-state index contributed by atoms with van der Waals surface area (Å²) >= 11 is 3.25. The van der Waals surface area contributed by atoms with Crippen LogP contribution in [0, 0.1) is 40.4 Å². The van der Waals surface area contributed by atoms with Gasteiger partial charge in [-0.2, -0.15) is 0 Å². The zero-order valence-corrected chi connectivity index (χ0v) is 48.7. The summed E-state index contributed by atoms with van der Waals surface area (Å²) in [5, 5.41) is 12.2. The molecule has 6 fully saturated rings. The number of allylic oxidation sites excluding steroid dienone is 2. The topological polar surface area (TPSA) is 164 Å². The van der Waals surface area contributed by atoms with Crippen LogP contribution in [0.1, 0.15) is 107 Å². The minimum absolute atomic E-state index is 0.0271. The lowest BCUT2D eigenvalue weighted by molar-refractivity contribution is -0.339. The molecule has 3 aliphatic heterocycles. The number of esters is 1. The number of aliphatic hydroxyl groups is 1. The maximum Gasteiger partial charge on any atom is 0.333 e. The third-order valence-corrected chi connectivity index (χ3v) is 22.0. The van der Waals surface area contributed by atoms with Gasteiger partial charge in [-0.15, -0.1) is 23.5 Å². The van der Waals surface area contributed by atoms with Crippen LogP contribution in [0.25, 0.3) is 0 Å². The number of rotatable bonds is 17. The molecule has 0 aromatic heterocycles. The molecule has 4 aliphatic carbocycles. The number of aldehydes is 1. The summed E-state index contributed by atoms with van der Waals surface area (Å²) in [5.41, 5.74) is -0.571. The van der Waals surface area contributed by atoms with Crippen LogP contribution in [-0.4, -0.2) is 140 Å².